The maximum absolute atomic E-state index is 4.33. The smallest absolute Gasteiger partial charge is 0.0457 e. The Morgan fingerprint density at radius 3 is 2.88 bits per heavy atom. The van der Waals surface area contributed by atoms with E-state index in [0.717, 1.165) is 18.7 Å². The predicted molar refractivity (Wildman–Crippen MR) is 77.8 cm³/mol. The van der Waals surface area contributed by atoms with E-state index in [1.807, 2.05) is 0 Å². The molecule has 0 fully saturated rings. The van der Waals surface area contributed by atoms with Crippen LogP contribution in [0.1, 0.15) is 25.0 Å². The molecule has 0 saturated carbocycles. The largest absolute Gasteiger partial charge is 0.361 e. The Morgan fingerprint density at radius 1 is 1.35 bits per heavy atom. The van der Waals surface area contributed by atoms with Crippen LogP contribution in [0.2, 0.25) is 0 Å². The van der Waals surface area contributed by atoms with Crippen molar-refractivity contribution in [2.45, 2.75) is 32.1 Å². The molecule has 1 aromatic carbocycles. The van der Waals surface area contributed by atoms with Gasteiger partial charge >= 0.3 is 0 Å². The Morgan fingerprint density at radius 2 is 2.18 bits per heavy atom. The first-order chi connectivity index (χ1) is 8.20. The molecule has 3 heteroatoms. The van der Waals surface area contributed by atoms with E-state index in [1.165, 1.54) is 22.0 Å². The van der Waals surface area contributed by atoms with Crippen molar-refractivity contribution in [3.8, 4) is 0 Å². The lowest BCUT2D eigenvalue weighted by Crippen LogP contribution is -2.24. The zero-order valence-corrected chi connectivity index (χ0v) is 11.3. The number of H-pyrrole nitrogens is 1. The molecule has 0 unspecified atom stereocenters. The van der Waals surface area contributed by atoms with Gasteiger partial charge in [-0.3, -0.25) is 0 Å². The third-order valence-corrected chi connectivity index (χ3v) is 3.33. The molecule has 0 radical (unpaired) electrons. The molecule has 0 atom stereocenters. The van der Waals surface area contributed by atoms with E-state index in [1.54, 1.807) is 0 Å². The van der Waals surface area contributed by atoms with Crippen molar-refractivity contribution in [1.82, 2.24) is 10.3 Å². The Kier molecular flexibility index (Phi) is 4.13. The first-order valence-corrected chi connectivity index (χ1v) is 6.77. The Hall–Kier alpha value is -0.930. The van der Waals surface area contributed by atoms with Crippen LogP contribution in [0.15, 0.2) is 24.4 Å². The number of hydrogen-bond donors (Lipinski definition) is 3. The van der Waals surface area contributed by atoms with Crippen LogP contribution in [0.3, 0.4) is 0 Å². The fourth-order valence-electron chi connectivity index (χ4n) is 2.03. The predicted octanol–water partition coefficient (Wildman–Crippen LogP) is 3.14. The summed E-state index contributed by atoms with van der Waals surface area (Å²) in [4.78, 5) is 3.32. The first kappa shape index (κ1) is 12.5. The lowest BCUT2D eigenvalue weighted by Gasteiger charge is -2.07. The third-order valence-electron chi connectivity index (χ3n) is 2.96. The summed E-state index contributed by atoms with van der Waals surface area (Å²) in [5.74, 6) is 0.796. The van der Waals surface area contributed by atoms with Crippen molar-refractivity contribution >= 4 is 23.5 Å². The summed E-state index contributed by atoms with van der Waals surface area (Å²) in [6, 6.07) is 7.06. The zero-order chi connectivity index (χ0) is 12.3. The van der Waals surface area contributed by atoms with Gasteiger partial charge in [-0.05, 0) is 36.2 Å². The van der Waals surface area contributed by atoms with Gasteiger partial charge in [0.1, 0.15) is 0 Å². The van der Waals surface area contributed by atoms with E-state index in [4.69, 9.17) is 0 Å². The van der Waals surface area contributed by atoms with Gasteiger partial charge in [-0.2, -0.15) is 12.6 Å². The number of aromatic amines is 1. The van der Waals surface area contributed by atoms with E-state index in [-0.39, 0.29) is 0 Å². The van der Waals surface area contributed by atoms with Crippen LogP contribution in [0.25, 0.3) is 10.9 Å². The summed E-state index contributed by atoms with van der Waals surface area (Å²) >= 11 is 4.33. The molecule has 0 aliphatic rings. The third kappa shape index (κ3) is 3.05. The summed E-state index contributed by atoms with van der Waals surface area (Å²) in [6.45, 7) is 5.37. The molecule has 2 nitrogen and oxygen atoms in total. The van der Waals surface area contributed by atoms with Crippen LogP contribution < -0.4 is 5.32 Å². The van der Waals surface area contributed by atoms with Gasteiger partial charge in [-0.15, -0.1) is 0 Å². The molecule has 0 spiro atoms. The second kappa shape index (κ2) is 5.61. The van der Waals surface area contributed by atoms with Crippen molar-refractivity contribution in [1.29, 1.82) is 0 Å². The summed E-state index contributed by atoms with van der Waals surface area (Å²) in [5, 5.41) is 4.78. The topological polar surface area (TPSA) is 27.8 Å². The average molecular weight is 248 g/mol. The van der Waals surface area contributed by atoms with Crippen molar-refractivity contribution in [3.05, 3.63) is 35.5 Å². The highest BCUT2D eigenvalue weighted by atomic mass is 32.1. The van der Waals surface area contributed by atoms with Crippen molar-refractivity contribution < 1.29 is 0 Å². The fraction of sp³-hybridized carbons (Fsp3) is 0.429. The number of nitrogens with one attached hydrogen (secondary N) is 2. The minimum absolute atomic E-state index is 0.549. The number of benzene rings is 1. The van der Waals surface area contributed by atoms with E-state index in [2.05, 4.69) is 61.2 Å². The van der Waals surface area contributed by atoms with Gasteiger partial charge in [-0.25, -0.2) is 0 Å². The molecule has 92 valence electrons. The lowest BCUT2D eigenvalue weighted by molar-refractivity contribution is 0.591. The monoisotopic (exact) mass is 248 g/mol. The fourth-order valence-corrected chi connectivity index (χ4v) is 2.22. The van der Waals surface area contributed by atoms with Gasteiger partial charge in [0.2, 0.25) is 0 Å². The molecule has 2 N–H and O–H groups in total. The highest BCUT2D eigenvalue weighted by Gasteiger charge is 2.04. The van der Waals surface area contributed by atoms with E-state index in [0.29, 0.717) is 6.04 Å². The van der Waals surface area contributed by atoms with Crippen LogP contribution in [-0.4, -0.2) is 17.6 Å². The maximum Gasteiger partial charge on any atom is 0.0457 e. The highest BCUT2D eigenvalue weighted by Crippen LogP contribution is 2.21. The lowest BCUT2D eigenvalue weighted by atomic mass is 10.1. The SMILES string of the molecule is CC(C)NCCc1c[nH]c2ccc(CS)cc12. The van der Waals surface area contributed by atoms with Crippen molar-refractivity contribution in [2.75, 3.05) is 6.54 Å². The molecular weight excluding hydrogens is 228 g/mol. The summed E-state index contributed by atoms with van der Waals surface area (Å²) in [5.41, 5.74) is 3.88. The molecule has 1 heterocycles. The number of aromatic nitrogens is 1. The Labute approximate surface area is 108 Å². The molecule has 0 bridgehead atoms. The van der Waals surface area contributed by atoms with Gasteiger partial charge in [0.25, 0.3) is 0 Å². The number of rotatable bonds is 5. The molecule has 1 aromatic heterocycles. The van der Waals surface area contributed by atoms with Crippen molar-refractivity contribution in [3.63, 3.8) is 0 Å². The molecule has 2 aromatic rings. The van der Waals surface area contributed by atoms with Crippen LogP contribution in [0.4, 0.5) is 0 Å². The van der Waals surface area contributed by atoms with Crippen LogP contribution in [0.5, 0.6) is 0 Å². The summed E-state index contributed by atoms with van der Waals surface area (Å²) < 4.78 is 0. The molecule has 0 amide bonds. The molecular formula is C14H20N2S. The minimum Gasteiger partial charge on any atom is -0.361 e. The highest BCUT2D eigenvalue weighted by molar-refractivity contribution is 7.79. The van der Waals surface area contributed by atoms with E-state index >= 15 is 0 Å². The normalized spacial score (nSPS) is 11.5. The van der Waals surface area contributed by atoms with Gasteiger partial charge in [0, 0.05) is 28.9 Å². The summed E-state index contributed by atoms with van der Waals surface area (Å²) in [7, 11) is 0. The number of thiol groups is 1. The molecule has 0 saturated heterocycles. The van der Waals surface area contributed by atoms with E-state index in [9.17, 15) is 0 Å². The zero-order valence-electron chi connectivity index (χ0n) is 10.5. The number of hydrogen-bond acceptors (Lipinski definition) is 2. The molecule has 17 heavy (non-hydrogen) atoms. The quantitative estimate of drug-likeness (QED) is 0.697. The molecule has 2 rings (SSSR count). The average Bonchev–Trinajstić information content (AvgIpc) is 2.71. The standard InChI is InChI=1S/C14H20N2S/c1-10(2)15-6-5-12-8-16-14-4-3-11(9-17)7-13(12)14/h3-4,7-8,10,15-17H,5-6,9H2,1-2H3. The van der Waals surface area contributed by atoms with Gasteiger partial charge in [0.05, 0.1) is 0 Å². The van der Waals surface area contributed by atoms with Crippen LogP contribution in [0, 0.1) is 0 Å². The van der Waals surface area contributed by atoms with E-state index < -0.39 is 0 Å². The molecule has 0 aliphatic carbocycles. The van der Waals surface area contributed by atoms with Gasteiger partial charge < -0.3 is 10.3 Å². The number of fused-ring (bicyclic) bond motifs is 1. The second-order valence-electron chi connectivity index (χ2n) is 4.71. The van der Waals surface area contributed by atoms with Gasteiger partial charge in [0.15, 0.2) is 0 Å². The van der Waals surface area contributed by atoms with Crippen LogP contribution in [-0.2, 0) is 12.2 Å². The Balaban J connectivity index is 2.16. The maximum atomic E-state index is 4.33. The Bertz CT molecular complexity index is 488. The summed E-state index contributed by atoms with van der Waals surface area (Å²) in [6.07, 6.45) is 3.18. The first-order valence-electron chi connectivity index (χ1n) is 6.14. The second-order valence-corrected chi connectivity index (χ2v) is 5.03. The minimum atomic E-state index is 0.549. The van der Waals surface area contributed by atoms with Crippen LogP contribution >= 0.6 is 12.6 Å². The van der Waals surface area contributed by atoms with Gasteiger partial charge in [-0.1, -0.05) is 19.9 Å². The molecule has 0 aliphatic heterocycles. The van der Waals surface area contributed by atoms with Crippen molar-refractivity contribution in [2.24, 2.45) is 0 Å².